The monoisotopic (exact) mass is 177 g/mol. The fourth-order valence-electron chi connectivity index (χ4n) is 0.473. The summed E-state index contributed by atoms with van der Waals surface area (Å²) in [7, 11) is 0. The van der Waals surface area contributed by atoms with Crippen LogP contribution in [0.4, 0.5) is 5.13 Å². The maximum atomic E-state index is 10.0. The van der Waals surface area contributed by atoms with Gasteiger partial charge in [0.15, 0.2) is 5.13 Å². The molecule has 0 amide bonds. The number of thiazole rings is 1. The Morgan fingerprint density at radius 3 is 3.00 bits per heavy atom. The van der Waals surface area contributed by atoms with Gasteiger partial charge in [0.2, 0.25) is 0 Å². The van der Waals surface area contributed by atoms with Gasteiger partial charge >= 0.3 is 0 Å². The van der Waals surface area contributed by atoms with E-state index >= 15 is 0 Å². The van der Waals surface area contributed by atoms with E-state index in [1.165, 1.54) is 11.3 Å². The molecule has 1 aromatic rings. The number of nitrogens with zero attached hydrogens (tertiary/aromatic N) is 1. The van der Waals surface area contributed by atoms with Crippen LogP contribution in [0, 0.1) is 6.92 Å². The van der Waals surface area contributed by atoms with E-state index in [2.05, 4.69) is 9.71 Å². The second-order valence-electron chi connectivity index (χ2n) is 1.61. The molecule has 1 aromatic heterocycles. The molecule has 0 fully saturated rings. The molecule has 1 atom stereocenters. The summed E-state index contributed by atoms with van der Waals surface area (Å²) in [5, 5.41) is 0.408. The van der Waals surface area contributed by atoms with E-state index in [0.29, 0.717) is 5.13 Å². The lowest BCUT2D eigenvalue weighted by Crippen LogP contribution is -2.00. The summed E-state index contributed by atoms with van der Waals surface area (Å²) in [4.78, 5) is 4.75. The van der Waals surface area contributed by atoms with Crippen molar-refractivity contribution in [2.75, 3.05) is 4.72 Å². The minimum atomic E-state index is -2.26. The van der Waals surface area contributed by atoms with Gasteiger partial charge in [0.1, 0.15) is 0 Å². The normalized spacial score (nSPS) is 13.0. The molecule has 1 N–H and O–H groups in total. The van der Waals surface area contributed by atoms with Crippen molar-refractivity contribution in [1.29, 1.82) is 0 Å². The van der Waals surface area contributed by atoms with Crippen molar-refractivity contribution in [3.63, 3.8) is 0 Å². The first-order chi connectivity index (χ1) is 4.68. The Labute approximate surface area is 64.7 Å². The molecule has 6 heteroatoms. The number of hydrogen-bond acceptors (Lipinski definition) is 4. The van der Waals surface area contributed by atoms with E-state index < -0.39 is 11.3 Å². The number of aromatic nitrogens is 1. The SMILES string of the molecule is Cc1cnc(NS(=O)[O-])s1. The van der Waals surface area contributed by atoms with E-state index in [-0.39, 0.29) is 0 Å². The average Bonchev–Trinajstić information content (AvgIpc) is 2.13. The highest BCUT2D eigenvalue weighted by molar-refractivity contribution is 7.80. The van der Waals surface area contributed by atoms with Crippen LogP contribution in [0.3, 0.4) is 0 Å². The molecule has 0 spiro atoms. The van der Waals surface area contributed by atoms with E-state index in [4.69, 9.17) is 0 Å². The van der Waals surface area contributed by atoms with Crippen molar-refractivity contribution in [1.82, 2.24) is 4.98 Å². The van der Waals surface area contributed by atoms with Gasteiger partial charge in [-0.05, 0) is 6.92 Å². The first-order valence-electron chi connectivity index (χ1n) is 2.47. The second kappa shape index (κ2) is 3.09. The average molecular weight is 177 g/mol. The molecular formula is C4H5N2O2S2-. The summed E-state index contributed by atoms with van der Waals surface area (Å²) < 4.78 is 22.2. The minimum Gasteiger partial charge on any atom is -0.755 e. The largest absolute Gasteiger partial charge is 0.755 e. The molecule has 0 radical (unpaired) electrons. The van der Waals surface area contributed by atoms with Crippen LogP contribution in [-0.2, 0) is 11.3 Å². The molecule has 0 aliphatic carbocycles. The van der Waals surface area contributed by atoms with Gasteiger partial charge in [-0.2, -0.15) is 0 Å². The van der Waals surface area contributed by atoms with E-state index in [1.807, 2.05) is 6.92 Å². The number of rotatable bonds is 2. The summed E-state index contributed by atoms with van der Waals surface area (Å²) >= 11 is -0.955. The first-order valence-corrected chi connectivity index (χ1v) is 4.36. The predicted molar refractivity (Wildman–Crippen MR) is 39.4 cm³/mol. The number of nitrogens with one attached hydrogen (secondary N) is 1. The van der Waals surface area contributed by atoms with E-state index in [1.54, 1.807) is 6.20 Å². The third kappa shape index (κ3) is 2.05. The molecular weight excluding hydrogens is 172 g/mol. The van der Waals surface area contributed by atoms with Crippen molar-refractivity contribution in [3.05, 3.63) is 11.1 Å². The van der Waals surface area contributed by atoms with Crippen molar-refractivity contribution in [3.8, 4) is 0 Å². The van der Waals surface area contributed by atoms with Crippen molar-refractivity contribution in [2.45, 2.75) is 6.92 Å². The zero-order valence-corrected chi connectivity index (χ0v) is 6.79. The highest BCUT2D eigenvalue weighted by atomic mass is 32.2. The fraction of sp³-hybridized carbons (Fsp3) is 0.250. The molecule has 1 unspecified atom stereocenters. The standard InChI is InChI=1S/C4H6N2O2S2/c1-3-2-5-4(9-3)6-10(7)8/h2H,1H3,(H,5,6)(H,7,8)/p-1. The van der Waals surface area contributed by atoms with Crippen molar-refractivity contribution in [2.24, 2.45) is 0 Å². The van der Waals surface area contributed by atoms with Crippen LogP contribution in [-0.4, -0.2) is 13.7 Å². The number of aryl methyl sites for hydroxylation is 1. The Kier molecular flexibility index (Phi) is 2.36. The van der Waals surface area contributed by atoms with Crippen LogP contribution in [0.5, 0.6) is 0 Å². The van der Waals surface area contributed by atoms with Gasteiger partial charge in [-0.15, -0.1) is 11.3 Å². The lowest BCUT2D eigenvalue weighted by molar-refractivity contribution is 0.542. The molecule has 0 aliphatic heterocycles. The topological polar surface area (TPSA) is 65.0 Å². The highest BCUT2D eigenvalue weighted by Crippen LogP contribution is 2.16. The Hall–Kier alpha value is -0.460. The Bertz CT molecular complexity index is 247. The zero-order chi connectivity index (χ0) is 7.56. The summed E-state index contributed by atoms with van der Waals surface area (Å²) in [5.41, 5.74) is 0. The third-order valence-corrected chi connectivity index (χ3v) is 2.11. The van der Waals surface area contributed by atoms with Crippen molar-refractivity contribution < 1.29 is 8.76 Å². The smallest absolute Gasteiger partial charge is 0.193 e. The molecule has 10 heavy (non-hydrogen) atoms. The molecule has 0 aromatic carbocycles. The van der Waals surface area contributed by atoms with Gasteiger partial charge in [-0.1, -0.05) is 0 Å². The highest BCUT2D eigenvalue weighted by Gasteiger charge is 1.94. The Morgan fingerprint density at radius 2 is 2.60 bits per heavy atom. The number of anilines is 1. The van der Waals surface area contributed by atoms with Crippen LogP contribution in [0.15, 0.2) is 6.20 Å². The van der Waals surface area contributed by atoms with E-state index in [9.17, 15) is 8.76 Å². The first kappa shape index (κ1) is 7.64. The maximum Gasteiger partial charge on any atom is 0.193 e. The summed E-state index contributed by atoms with van der Waals surface area (Å²) in [6.07, 6.45) is 1.61. The van der Waals surface area contributed by atoms with Gasteiger partial charge in [-0.25, -0.2) is 4.98 Å². The van der Waals surface area contributed by atoms with Crippen LogP contribution in [0.2, 0.25) is 0 Å². The van der Waals surface area contributed by atoms with Gasteiger partial charge in [0.05, 0.1) is 0 Å². The zero-order valence-electron chi connectivity index (χ0n) is 5.16. The molecule has 1 heterocycles. The molecule has 0 bridgehead atoms. The van der Waals surface area contributed by atoms with Crippen LogP contribution in [0.1, 0.15) is 4.88 Å². The summed E-state index contributed by atoms with van der Waals surface area (Å²) in [6, 6.07) is 0. The van der Waals surface area contributed by atoms with Gasteiger partial charge < -0.3 is 4.55 Å². The summed E-state index contributed by atoms with van der Waals surface area (Å²) in [5.74, 6) is 0. The van der Waals surface area contributed by atoms with Crippen LogP contribution < -0.4 is 4.72 Å². The van der Waals surface area contributed by atoms with Crippen molar-refractivity contribution >= 4 is 27.7 Å². The second-order valence-corrected chi connectivity index (χ2v) is 3.52. The van der Waals surface area contributed by atoms with Gasteiger partial charge in [0, 0.05) is 22.3 Å². The third-order valence-electron chi connectivity index (χ3n) is 0.792. The van der Waals surface area contributed by atoms with Crippen LogP contribution >= 0.6 is 11.3 Å². The Balaban J connectivity index is 2.67. The summed E-state index contributed by atoms with van der Waals surface area (Å²) in [6.45, 7) is 1.86. The number of hydrogen-bond donors (Lipinski definition) is 1. The molecule has 0 aliphatic rings. The Morgan fingerprint density at radius 1 is 1.90 bits per heavy atom. The van der Waals surface area contributed by atoms with Gasteiger partial charge in [0.25, 0.3) is 0 Å². The molecule has 0 saturated heterocycles. The molecule has 1 rings (SSSR count). The minimum absolute atomic E-state index is 0.408. The van der Waals surface area contributed by atoms with Crippen LogP contribution in [0.25, 0.3) is 0 Å². The quantitative estimate of drug-likeness (QED) is 0.675. The fourth-order valence-corrected chi connectivity index (χ4v) is 1.56. The van der Waals surface area contributed by atoms with Gasteiger partial charge in [-0.3, -0.25) is 8.93 Å². The van der Waals surface area contributed by atoms with E-state index in [0.717, 1.165) is 4.88 Å². The molecule has 0 saturated carbocycles. The lowest BCUT2D eigenvalue weighted by atomic mass is 10.7. The lowest BCUT2D eigenvalue weighted by Gasteiger charge is -2.02. The maximum absolute atomic E-state index is 10.0. The predicted octanol–water partition coefficient (Wildman–Crippen LogP) is 0.658. The molecule has 4 nitrogen and oxygen atoms in total. The molecule has 56 valence electrons.